The van der Waals surface area contributed by atoms with E-state index >= 15 is 0 Å². The Balaban J connectivity index is 2.38. The Labute approximate surface area is 125 Å². The molecule has 0 aliphatic heterocycles. The van der Waals surface area contributed by atoms with Gasteiger partial charge in [0, 0.05) is 24.9 Å². The van der Waals surface area contributed by atoms with Crippen LogP contribution in [-0.2, 0) is 6.42 Å². The summed E-state index contributed by atoms with van der Waals surface area (Å²) in [5, 5.41) is 6.49. The molecule has 0 atom stereocenters. The van der Waals surface area contributed by atoms with E-state index in [0.29, 0.717) is 13.0 Å². The number of nitrogens with zero attached hydrogens (tertiary/aromatic N) is 1. The molecular formula is C15H24FN3S. The van der Waals surface area contributed by atoms with Gasteiger partial charge in [-0.15, -0.1) is 0 Å². The van der Waals surface area contributed by atoms with Crippen molar-refractivity contribution in [2.75, 3.05) is 26.4 Å². The molecule has 20 heavy (non-hydrogen) atoms. The lowest BCUT2D eigenvalue weighted by Crippen LogP contribution is -2.43. The van der Waals surface area contributed by atoms with E-state index in [4.69, 9.17) is 0 Å². The molecule has 0 saturated heterocycles. The van der Waals surface area contributed by atoms with E-state index < -0.39 is 0 Å². The van der Waals surface area contributed by atoms with E-state index in [1.807, 2.05) is 23.9 Å². The zero-order valence-electron chi connectivity index (χ0n) is 12.7. The summed E-state index contributed by atoms with van der Waals surface area (Å²) in [5.74, 6) is 0.601. The molecule has 1 aromatic carbocycles. The maximum Gasteiger partial charge on any atom is 0.191 e. The van der Waals surface area contributed by atoms with Crippen LogP contribution in [0, 0.1) is 5.82 Å². The van der Waals surface area contributed by atoms with Crippen molar-refractivity contribution in [2.45, 2.75) is 25.0 Å². The molecule has 0 aromatic heterocycles. The second kappa shape index (κ2) is 8.15. The highest BCUT2D eigenvalue weighted by Crippen LogP contribution is 2.19. The van der Waals surface area contributed by atoms with Crippen molar-refractivity contribution in [3.05, 3.63) is 35.6 Å². The summed E-state index contributed by atoms with van der Waals surface area (Å²) in [7, 11) is 1.74. The second-order valence-corrected chi connectivity index (χ2v) is 6.67. The van der Waals surface area contributed by atoms with E-state index in [9.17, 15) is 4.39 Å². The minimum absolute atomic E-state index is 0.152. The first-order valence-electron chi connectivity index (χ1n) is 6.71. The summed E-state index contributed by atoms with van der Waals surface area (Å²) in [5.41, 5.74) is 0.722. The Morgan fingerprint density at radius 1 is 1.30 bits per heavy atom. The molecule has 0 saturated carbocycles. The van der Waals surface area contributed by atoms with Gasteiger partial charge in [0.25, 0.3) is 0 Å². The van der Waals surface area contributed by atoms with Gasteiger partial charge in [0.05, 0.1) is 0 Å². The fourth-order valence-electron chi connectivity index (χ4n) is 1.61. The standard InChI is InChI=1S/C15H24FN3S/c1-15(2,20-4)11-19-14(17-3)18-10-9-12-7-5-6-8-13(12)16/h5-8H,9-11H2,1-4H3,(H2,17,18,19). The molecule has 0 amide bonds. The SMILES string of the molecule is CN=C(NCCc1ccccc1F)NCC(C)(C)SC. The van der Waals surface area contributed by atoms with E-state index in [1.165, 1.54) is 6.07 Å². The van der Waals surface area contributed by atoms with Crippen LogP contribution in [0.5, 0.6) is 0 Å². The molecule has 0 aliphatic rings. The maximum atomic E-state index is 13.5. The van der Waals surface area contributed by atoms with Crippen molar-refractivity contribution < 1.29 is 4.39 Å². The van der Waals surface area contributed by atoms with Crippen LogP contribution in [0.25, 0.3) is 0 Å². The van der Waals surface area contributed by atoms with Crippen molar-refractivity contribution >= 4 is 17.7 Å². The van der Waals surface area contributed by atoms with Crippen LogP contribution in [0.4, 0.5) is 4.39 Å². The van der Waals surface area contributed by atoms with Gasteiger partial charge in [-0.2, -0.15) is 11.8 Å². The van der Waals surface area contributed by atoms with Crippen LogP contribution < -0.4 is 10.6 Å². The highest BCUT2D eigenvalue weighted by Gasteiger charge is 2.15. The Kier molecular flexibility index (Phi) is 6.85. The zero-order valence-corrected chi connectivity index (χ0v) is 13.5. The largest absolute Gasteiger partial charge is 0.356 e. The van der Waals surface area contributed by atoms with Crippen molar-refractivity contribution in [3.8, 4) is 0 Å². The van der Waals surface area contributed by atoms with Gasteiger partial charge in [-0.3, -0.25) is 4.99 Å². The van der Waals surface area contributed by atoms with Gasteiger partial charge in [0.15, 0.2) is 5.96 Å². The number of halogens is 1. The summed E-state index contributed by atoms with van der Waals surface area (Å²) < 4.78 is 13.6. The van der Waals surface area contributed by atoms with Crippen LogP contribution in [-0.4, -0.2) is 37.1 Å². The van der Waals surface area contributed by atoms with E-state index in [2.05, 4.69) is 35.7 Å². The summed E-state index contributed by atoms with van der Waals surface area (Å²) in [4.78, 5) is 4.17. The first kappa shape index (κ1) is 16.8. The molecule has 1 aromatic rings. The van der Waals surface area contributed by atoms with Gasteiger partial charge in [-0.05, 0) is 38.2 Å². The highest BCUT2D eigenvalue weighted by molar-refractivity contribution is 7.99. The molecule has 0 heterocycles. The molecule has 3 nitrogen and oxygen atoms in total. The number of nitrogens with one attached hydrogen (secondary N) is 2. The van der Waals surface area contributed by atoms with E-state index in [-0.39, 0.29) is 10.6 Å². The second-order valence-electron chi connectivity index (χ2n) is 5.16. The van der Waals surface area contributed by atoms with Crippen LogP contribution >= 0.6 is 11.8 Å². The molecule has 0 unspecified atom stereocenters. The maximum absolute atomic E-state index is 13.5. The molecule has 0 radical (unpaired) electrons. The lowest BCUT2D eigenvalue weighted by atomic mass is 10.1. The molecule has 2 N–H and O–H groups in total. The Hall–Kier alpha value is -1.23. The van der Waals surface area contributed by atoms with E-state index in [1.54, 1.807) is 13.1 Å². The average Bonchev–Trinajstić information content (AvgIpc) is 2.44. The summed E-state index contributed by atoms with van der Waals surface area (Å²) >= 11 is 1.81. The lowest BCUT2D eigenvalue weighted by Gasteiger charge is -2.23. The fourth-order valence-corrected chi connectivity index (χ4v) is 1.82. The molecule has 5 heteroatoms. The predicted molar refractivity (Wildman–Crippen MR) is 87.1 cm³/mol. The number of aliphatic imine (C=N–C) groups is 1. The third kappa shape index (κ3) is 5.82. The van der Waals surface area contributed by atoms with Crippen LogP contribution in [0.3, 0.4) is 0 Å². The van der Waals surface area contributed by atoms with Gasteiger partial charge in [-0.1, -0.05) is 18.2 Å². The van der Waals surface area contributed by atoms with Crippen molar-refractivity contribution in [1.29, 1.82) is 0 Å². The van der Waals surface area contributed by atoms with Gasteiger partial charge in [0.2, 0.25) is 0 Å². The van der Waals surface area contributed by atoms with Crippen molar-refractivity contribution in [3.63, 3.8) is 0 Å². The number of guanidine groups is 1. The van der Waals surface area contributed by atoms with E-state index in [0.717, 1.165) is 18.1 Å². The van der Waals surface area contributed by atoms with Gasteiger partial charge < -0.3 is 10.6 Å². The lowest BCUT2D eigenvalue weighted by molar-refractivity contribution is 0.606. The number of benzene rings is 1. The van der Waals surface area contributed by atoms with Crippen LogP contribution in [0.2, 0.25) is 0 Å². The minimum atomic E-state index is -0.152. The first-order chi connectivity index (χ1) is 9.48. The number of rotatable bonds is 6. The van der Waals surface area contributed by atoms with Gasteiger partial charge in [0.1, 0.15) is 5.82 Å². The summed E-state index contributed by atoms with van der Waals surface area (Å²) in [6, 6.07) is 6.86. The monoisotopic (exact) mass is 297 g/mol. The number of hydrogen-bond donors (Lipinski definition) is 2. The molecule has 1 rings (SSSR count). The van der Waals surface area contributed by atoms with Crippen LogP contribution in [0.1, 0.15) is 19.4 Å². The minimum Gasteiger partial charge on any atom is -0.356 e. The Bertz CT molecular complexity index is 446. The number of hydrogen-bond acceptors (Lipinski definition) is 2. The third-order valence-electron chi connectivity index (χ3n) is 3.10. The zero-order chi connectivity index (χ0) is 15.0. The molecular weight excluding hydrogens is 273 g/mol. The van der Waals surface area contributed by atoms with Gasteiger partial charge >= 0.3 is 0 Å². The smallest absolute Gasteiger partial charge is 0.191 e. The predicted octanol–water partition coefficient (Wildman–Crippen LogP) is 2.67. The molecule has 0 aliphatic carbocycles. The average molecular weight is 297 g/mol. The third-order valence-corrected chi connectivity index (χ3v) is 4.35. The number of thioether (sulfide) groups is 1. The normalized spacial score (nSPS) is 12.3. The molecule has 112 valence electrons. The molecule has 0 bridgehead atoms. The van der Waals surface area contributed by atoms with Crippen LogP contribution in [0.15, 0.2) is 29.3 Å². The summed E-state index contributed by atoms with van der Waals surface area (Å²) in [6.07, 6.45) is 2.73. The first-order valence-corrected chi connectivity index (χ1v) is 7.94. The fraction of sp³-hybridized carbons (Fsp3) is 0.533. The van der Waals surface area contributed by atoms with Crippen molar-refractivity contribution in [1.82, 2.24) is 10.6 Å². The van der Waals surface area contributed by atoms with Gasteiger partial charge in [-0.25, -0.2) is 4.39 Å². The van der Waals surface area contributed by atoms with Crippen molar-refractivity contribution in [2.24, 2.45) is 4.99 Å². The summed E-state index contributed by atoms with van der Waals surface area (Å²) in [6.45, 7) is 5.84. The topological polar surface area (TPSA) is 36.4 Å². The molecule has 0 fully saturated rings. The molecule has 0 spiro atoms. The Morgan fingerprint density at radius 3 is 2.60 bits per heavy atom. The Morgan fingerprint density at radius 2 is 2.00 bits per heavy atom. The highest BCUT2D eigenvalue weighted by atomic mass is 32.2. The quantitative estimate of drug-likeness (QED) is 0.626.